The van der Waals surface area contributed by atoms with Crippen molar-refractivity contribution in [3.8, 4) is 0 Å². The summed E-state index contributed by atoms with van der Waals surface area (Å²) in [5, 5.41) is 0. The van der Waals surface area contributed by atoms with Crippen LogP contribution in [-0.4, -0.2) is 25.4 Å². The first kappa shape index (κ1) is 15.4. The number of hydrogen-bond donors (Lipinski definition) is 0. The van der Waals surface area contributed by atoms with E-state index in [9.17, 15) is 0 Å². The van der Waals surface area contributed by atoms with E-state index in [1.54, 1.807) is 0 Å². The van der Waals surface area contributed by atoms with Crippen LogP contribution in [0.1, 0.15) is 65.2 Å². The highest BCUT2D eigenvalue weighted by Gasteiger charge is 2.53. The molecule has 8 unspecified atom stereocenters. The number of fused-ring (bicyclic) bond motifs is 2. The molecule has 4 rings (SSSR count). The molecule has 0 amide bonds. The van der Waals surface area contributed by atoms with E-state index in [-0.39, 0.29) is 0 Å². The van der Waals surface area contributed by atoms with E-state index in [4.69, 9.17) is 9.47 Å². The van der Waals surface area contributed by atoms with Gasteiger partial charge >= 0.3 is 0 Å². The first-order chi connectivity index (χ1) is 10.8. The second-order valence-electron chi connectivity index (χ2n) is 8.48. The van der Waals surface area contributed by atoms with Gasteiger partial charge in [-0.25, -0.2) is 0 Å². The Labute approximate surface area is 136 Å². The molecular formula is C20H34O2. The van der Waals surface area contributed by atoms with Gasteiger partial charge in [-0.3, -0.25) is 0 Å². The summed E-state index contributed by atoms with van der Waals surface area (Å²) in [6, 6.07) is 0. The lowest BCUT2D eigenvalue weighted by atomic mass is 9.64. The summed E-state index contributed by atoms with van der Waals surface area (Å²) in [4.78, 5) is 0. The van der Waals surface area contributed by atoms with Crippen molar-refractivity contribution < 1.29 is 9.47 Å². The van der Waals surface area contributed by atoms with E-state index in [1.807, 2.05) is 0 Å². The summed E-state index contributed by atoms with van der Waals surface area (Å²) < 4.78 is 11.7. The van der Waals surface area contributed by atoms with Crippen LogP contribution in [0.3, 0.4) is 0 Å². The Bertz CT molecular complexity index is 378. The fourth-order valence-corrected chi connectivity index (χ4v) is 6.61. The molecule has 1 saturated heterocycles. The van der Waals surface area contributed by atoms with Gasteiger partial charge in [0.1, 0.15) is 6.10 Å². The molecule has 4 aliphatic rings. The molecule has 0 radical (unpaired) electrons. The van der Waals surface area contributed by atoms with E-state index in [1.165, 1.54) is 51.4 Å². The van der Waals surface area contributed by atoms with Crippen LogP contribution in [0.5, 0.6) is 0 Å². The molecule has 3 aliphatic carbocycles. The third-order valence-corrected chi connectivity index (χ3v) is 7.55. The maximum atomic E-state index is 6.34. The Morgan fingerprint density at radius 2 is 1.64 bits per heavy atom. The highest BCUT2D eigenvalue weighted by atomic mass is 16.6. The van der Waals surface area contributed by atoms with Gasteiger partial charge in [0.15, 0.2) is 0 Å². The van der Waals surface area contributed by atoms with Crippen LogP contribution in [-0.2, 0) is 9.47 Å². The lowest BCUT2D eigenvalue weighted by molar-refractivity contribution is -0.0536. The lowest BCUT2D eigenvalue weighted by Crippen LogP contribution is -2.39. The zero-order valence-electron chi connectivity index (χ0n) is 14.5. The van der Waals surface area contributed by atoms with Gasteiger partial charge in [-0.1, -0.05) is 39.5 Å². The summed E-state index contributed by atoms with van der Waals surface area (Å²) in [5.41, 5.74) is 0. The summed E-state index contributed by atoms with van der Waals surface area (Å²) in [7, 11) is 0. The van der Waals surface area contributed by atoms with E-state index in [2.05, 4.69) is 13.8 Å². The molecule has 1 aliphatic heterocycles. The number of epoxide rings is 1. The fourth-order valence-electron chi connectivity index (χ4n) is 6.61. The van der Waals surface area contributed by atoms with Gasteiger partial charge < -0.3 is 9.47 Å². The first-order valence-electron chi connectivity index (χ1n) is 10.0. The maximum absolute atomic E-state index is 6.34. The second-order valence-corrected chi connectivity index (χ2v) is 8.48. The molecule has 8 atom stereocenters. The smallest absolute Gasteiger partial charge is 0.104 e. The molecule has 0 aromatic heterocycles. The summed E-state index contributed by atoms with van der Waals surface area (Å²) in [5.74, 6) is 5.94. The summed E-state index contributed by atoms with van der Waals surface area (Å²) in [6.07, 6.45) is 12.4. The van der Waals surface area contributed by atoms with E-state index in [0.29, 0.717) is 12.2 Å². The summed E-state index contributed by atoms with van der Waals surface area (Å²) >= 11 is 0. The predicted molar refractivity (Wildman–Crippen MR) is 88.7 cm³/mol. The minimum absolute atomic E-state index is 0.426. The monoisotopic (exact) mass is 306 g/mol. The maximum Gasteiger partial charge on any atom is 0.104 e. The van der Waals surface area contributed by atoms with Crippen LogP contribution in [0.4, 0.5) is 0 Å². The quantitative estimate of drug-likeness (QED) is 0.665. The van der Waals surface area contributed by atoms with E-state index < -0.39 is 0 Å². The van der Waals surface area contributed by atoms with Gasteiger partial charge in [-0.05, 0) is 61.2 Å². The van der Waals surface area contributed by atoms with Gasteiger partial charge in [0.25, 0.3) is 0 Å². The molecule has 22 heavy (non-hydrogen) atoms. The van der Waals surface area contributed by atoms with E-state index >= 15 is 0 Å². The zero-order valence-corrected chi connectivity index (χ0v) is 14.5. The predicted octanol–water partition coefficient (Wildman–Crippen LogP) is 4.67. The van der Waals surface area contributed by atoms with Crippen LogP contribution < -0.4 is 0 Å². The molecule has 126 valence electrons. The third kappa shape index (κ3) is 2.75. The molecule has 0 aromatic carbocycles. The molecule has 0 aromatic rings. The standard InChI is InChI=1S/C20H34O2/c1-3-15-13-9-18(16(15)4-2)19(10-13)17-7-5-6-8-20(17)22-12-14-11-21-14/h13-20H,3-12H2,1-2H3. The minimum atomic E-state index is 0.426. The van der Waals surface area contributed by atoms with Crippen molar-refractivity contribution in [3.63, 3.8) is 0 Å². The van der Waals surface area contributed by atoms with Gasteiger partial charge in [0.05, 0.1) is 19.3 Å². The van der Waals surface area contributed by atoms with Gasteiger partial charge in [-0.15, -0.1) is 0 Å². The van der Waals surface area contributed by atoms with Crippen LogP contribution in [0.15, 0.2) is 0 Å². The molecule has 4 fully saturated rings. The largest absolute Gasteiger partial charge is 0.375 e. The topological polar surface area (TPSA) is 21.8 Å². The molecule has 0 spiro atoms. The van der Waals surface area contributed by atoms with Crippen molar-refractivity contribution in [2.45, 2.75) is 77.4 Å². The van der Waals surface area contributed by atoms with Crippen LogP contribution in [0.2, 0.25) is 0 Å². The van der Waals surface area contributed by atoms with Gasteiger partial charge in [0.2, 0.25) is 0 Å². The highest BCUT2D eigenvalue weighted by molar-refractivity contribution is 5.03. The van der Waals surface area contributed by atoms with Crippen molar-refractivity contribution in [1.29, 1.82) is 0 Å². The molecule has 3 saturated carbocycles. The number of hydrogen-bond acceptors (Lipinski definition) is 2. The van der Waals surface area contributed by atoms with Crippen molar-refractivity contribution >= 4 is 0 Å². The Kier molecular flexibility index (Phi) is 4.52. The zero-order chi connectivity index (χ0) is 15.1. The summed E-state index contributed by atoms with van der Waals surface area (Å²) in [6.45, 7) is 6.65. The molecule has 0 N–H and O–H groups in total. The van der Waals surface area contributed by atoms with Crippen molar-refractivity contribution in [3.05, 3.63) is 0 Å². The van der Waals surface area contributed by atoms with Gasteiger partial charge in [0, 0.05) is 0 Å². The van der Waals surface area contributed by atoms with Crippen molar-refractivity contribution in [2.24, 2.45) is 35.5 Å². The normalized spacial score (nSPS) is 50.5. The van der Waals surface area contributed by atoms with Crippen LogP contribution in [0, 0.1) is 35.5 Å². The molecular weight excluding hydrogens is 272 g/mol. The van der Waals surface area contributed by atoms with Crippen LogP contribution in [0.25, 0.3) is 0 Å². The van der Waals surface area contributed by atoms with Crippen molar-refractivity contribution in [2.75, 3.05) is 13.2 Å². The van der Waals surface area contributed by atoms with Gasteiger partial charge in [-0.2, -0.15) is 0 Å². The fraction of sp³-hybridized carbons (Fsp3) is 1.00. The highest BCUT2D eigenvalue weighted by Crippen LogP contribution is 2.60. The number of ether oxygens (including phenoxy) is 2. The average Bonchev–Trinajstić information content (AvgIpc) is 3.20. The first-order valence-corrected chi connectivity index (χ1v) is 10.0. The molecule has 2 heteroatoms. The molecule has 1 heterocycles. The molecule has 2 bridgehead atoms. The second kappa shape index (κ2) is 6.43. The van der Waals surface area contributed by atoms with Crippen LogP contribution >= 0.6 is 0 Å². The van der Waals surface area contributed by atoms with Crippen molar-refractivity contribution in [1.82, 2.24) is 0 Å². The Balaban J connectivity index is 1.43. The van der Waals surface area contributed by atoms with E-state index in [0.717, 1.165) is 48.7 Å². The number of rotatable bonds is 6. The Hall–Kier alpha value is -0.0800. The SMILES string of the molecule is CCC1C2CC(C3CCCCC3OCC3CO3)C(C2)C1CC. The Morgan fingerprint density at radius 3 is 2.36 bits per heavy atom. The Morgan fingerprint density at radius 1 is 0.909 bits per heavy atom. The lowest BCUT2D eigenvalue weighted by Gasteiger charge is -2.43. The minimum Gasteiger partial charge on any atom is -0.375 e. The third-order valence-electron chi connectivity index (χ3n) is 7.55. The average molecular weight is 306 g/mol. The molecule has 2 nitrogen and oxygen atoms in total.